The van der Waals surface area contributed by atoms with E-state index in [2.05, 4.69) is 0 Å². The molecule has 1 heterocycles. The number of hydrogen-bond acceptors (Lipinski definition) is 1. The number of para-hydroxylation sites is 1. The van der Waals surface area contributed by atoms with E-state index >= 15 is 0 Å². The van der Waals surface area contributed by atoms with Gasteiger partial charge in [0.2, 0.25) is 0 Å². The third-order valence-corrected chi connectivity index (χ3v) is 2.10. The number of fused-ring (bicyclic) bond motifs is 1. The molecule has 1 aromatic heterocycles. The lowest BCUT2D eigenvalue weighted by molar-refractivity contribution is -0.136. The predicted molar refractivity (Wildman–Crippen MR) is 57.3 cm³/mol. The van der Waals surface area contributed by atoms with Crippen LogP contribution in [0.4, 0.5) is 13.2 Å². The van der Waals surface area contributed by atoms with Gasteiger partial charge < -0.3 is 4.42 Å². The quantitative estimate of drug-likeness (QED) is 0.634. The second-order valence-corrected chi connectivity index (χ2v) is 3.10. The fourth-order valence-electron chi connectivity index (χ4n) is 1.41. The maximum atomic E-state index is 12.5. The molecule has 0 atom stereocenters. The van der Waals surface area contributed by atoms with Gasteiger partial charge in [0.25, 0.3) is 0 Å². The number of benzene rings is 1. The molecule has 1 aromatic carbocycles. The first kappa shape index (κ1) is 12.6. The van der Waals surface area contributed by atoms with Gasteiger partial charge in [0.1, 0.15) is 5.58 Å². The molecule has 2 aromatic rings. The topological polar surface area (TPSA) is 13.1 Å². The predicted octanol–water partition coefficient (Wildman–Crippen LogP) is 4.79. The van der Waals surface area contributed by atoms with Gasteiger partial charge in [-0.15, -0.1) is 0 Å². The molecule has 0 radical (unpaired) electrons. The van der Waals surface area contributed by atoms with Crippen LogP contribution in [0.2, 0.25) is 0 Å². The van der Waals surface area contributed by atoms with Gasteiger partial charge in [-0.1, -0.05) is 26.0 Å². The zero-order valence-corrected chi connectivity index (χ0v) is 9.35. The number of alkyl halides is 3. The standard InChI is InChI=1S/C10H7F3O.C2H6/c1-6-5-14-9-7(6)3-2-4-8(9)10(11,12)13;1-2/h2-5H,1H3;1-2H3. The Bertz CT molecular complexity index is 469. The molecular weight excluding hydrogens is 217 g/mol. The summed E-state index contributed by atoms with van der Waals surface area (Å²) in [6.07, 6.45) is -3.02. The highest BCUT2D eigenvalue weighted by atomic mass is 19.4. The molecule has 0 saturated heterocycles. The van der Waals surface area contributed by atoms with E-state index in [1.165, 1.54) is 12.3 Å². The van der Waals surface area contributed by atoms with Crippen molar-refractivity contribution in [1.82, 2.24) is 0 Å². The summed E-state index contributed by atoms with van der Waals surface area (Å²) < 4.78 is 42.3. The molecule has 4 heteroatoms. The Labute approximate surface area is 91.9 Å². The summed E-state index contributed by atoms with van der Waals surface area (Å²) in [7, 11) is 0. The lowest BCUT2D eigenvalue weighted by Crippen LogP contribution is -2.04. The summed E-state index contributed by atoms with van der Waals surface area (Å²) in [5.41, 5.74) is -0.0910. The molecule has 0 saturated carbocycles. The van der Waals surface area contributed by atoms with Crippen molar-refractivity contribution in [2.45, 2.75) is 26.9 Å². The average molecular weight is 230 g/mol. The Morgan fingerprint density at radius 2 is 1.75 bits per heavy atom. The zero-order valence-electron chi connectivity index (χ0n) is 9.35. The minimum atomic E-state index is -4.36. The van der Waals surface area contributed by atoms with Gasteiger partial charge in [0, 0.05) is 5.39 Å². The second-order valence-electron chi connectivity index (χ2n) is 3.10. The first-order chi connectivity index (χ1) is 7.50. The molecule has 2 rings (SSSR count). The summed E-state index contributed by atoms with van der Waals surface area (Å²) in [4.78, 5) is 0. The van der Waals surface area contributed by atoms with Gasteiger partial charge in [-0.25, -0.2) is 0 Å². The van der Waals surface area contributed by atoms with Crippen molar-refractivity contribution in [3.63, 3.8) is 0 Å². The molecular formula is C12H13F3O. The summed E-state index contributed by atoms with van der Waals surface area (Å²) in [6, 6.07) is 4.02. The van der Waals surface area contributed by atoms with Crippen LogP contribution in [0.15, 0.2) is 28.9 Å². The number of halogens is 3. The number of furan rings is 1. The molecule has 0 aliphatic carbocycles. The SMILES string of the molecule is CC.Cc1coc2c(C(F)(F)F)cccc12. The molecule has 0 N–H and O–H groups in total. The molecule has 0 bridgehead atoms. The number of rotatable bonds is 0. The van der Waals surface area contributed by atoms with Crippen molar-refractivity contribution in [2.75, 3.05) is 0 Å². The van der Waals surface area contributed by atoms with Crippen molar-refractivity contribution in [3.05, 3.63) is 35.6 Å². The maximum Gasteiger partial charge on any atom is 0.420 e. The van der Waals surface area contributed by atoms with Crippen LogP contribution in [0.1, 0.15) is 25.0 Å². The van der Waals surface area contributed by atoms with E-state index in [-0.39, 0.29) is 5.58 Å². The summed E-state index contributed by atoms with van der Waals surface area (Å²) in [5, 5.41) is 0.514. The molecule has 1 nitrogen and oxygen atoms in total. The third-order valence-electron chi connectivity index (χ3n) is 2.10. The van der Waals surface area contributed by atoms with Crippen LogP contribution < -0.4 is 0 Å². The molecule has 88 valence electrons. The van der Waals surface area contributed by atoms with Crippen LogP contribution in [0.25, 0.3) is 11.0 Å². The van der Waals surface area contributed by atoms with Crippen molar-refractivity contribution in [2.24, 2.45) is 0 Å². The molecule has 0 fully saturated rings. The first-order valence-corrected chi connectivity index (χ1v) is 5.04. The van der Waals surface area contributed by atoms with Gasteiger partial charge >= 0.3 is 6.18 Å². The minimum absolute atomic E-state index is 0.0856. The number of aryl methyl sites for hydroxylation is 1. The molecule has 0 aliphatic rings. The summed E-state index contributed by atoms with van der Waals surface area (Å²) in [5.74, 6) is 0. The van der Waals surface area contributed by atoms with Gasteiger partial charge in [0.15, 0.2) is 0 Å². The Kier molecular flexibility index (Phi) is 3.62. The largest absolute Gasteiger partial charge is 0.463 e. The van der Waals surface area contributed by atoms with E-state index in [1.54, 1.807) is 13.0 Å². The second kappa shape index (κ2) is 4.60. The van der Waals surface area contributed by atoms with E-state index in [0.29, 0.717) is 10.9 Å². The van der Waals surface area contributed by atoms with Crippen molar-refractivity contribution < 1.29 is 17.6 Å². The van der Waals surface area contributed by atoms with Crippen molar-refractivity contribution in [3.8, 4) is 0 Å². The van der Waals surface area contributed by atoms with Gasteiger partial charge in [0.05, 0.1) is 11.8 Å². The van der Waals surface area contributed by atoms with Crippen LogP contribution in [0.3, 0.4) is 0 Å². The lowest BCUT2D eigenvalue weighted by atomic mass is 10.1. The molecule has 16 heavy (non-hydrogen) atoms. The van der Waals surface area contributed by atoms with Crippen LogP contribution in [0.5, 0.6) is 0 Å². The van der Waals surface area contributed by atoms with Crippen LogP contribution in [-0.4, -0.2) is 0 Å². The van der Waals surface area contributed by atoms with E-state index < -0.39 is 11.7 Å². The molecule has 0 amide bonds. The van der Waals surface area contributed by atoms with E-state index in [1.807, 2.05) is 13.8 Å². The summed E-state index contributed by atoms with van der Waals surface area (Å²) >= 11 is 0. The van der Waals surface area contributed by atoms with Crippen LogP contribution in [0, 0.1) is 6.92 Å². The minimum Gasteiger partial charge on any atom is -0.463 e. The summed E-state index contributed by atoms with van der Waals surface area (Å²) in [6.45, 7) is 5.71. The fourth-order valence-corrected chi connectivity index (χ4v) is 1.41. The smallest absolute Gasteiger partial charge is 0.420 e. The lowest BCUT2D eigenvalue weighted by Gasteiger charge is -2.06. The molecule has 0 spiro atoms. The maximum absolute atomic E-state index is 12.5. The van der Waals surface area contributed by atoms with E-state index in [9.17, 15) is 13.2 Å². The highest BCUT2D eigenvalue weighted by Gasteiger charge is 2.34. The van der Waals surface area contributed by atoms with Gasteiger partial charge in [-0.05, 0) is 18.6 Å². The van der Waals surface area contributed by atoms with Gasteiger partial charge in [-0.2, -0.15) is 13.2 Å². The van der Waals surface area contributed by atoms with Crippen LogP contribution >= 0.6 is 0 Å². The van der Waals surface area contributed by atoms with E-state index in [4.69, 9.17) is 4.42 Å². The normalized spacial score (nSPS) is 11.1. The first-order valence-electron chi connectivity index (χ1n) is 5.04. The highest BCUT2D eigenvalue weighted by molar-refractivity contribution is 5.84. The Balaban J connectivity index is 0.000000606. The highest BCUT2D eigenvalue weighted by Crippen LogP contribution is 2.36. The van der Waals surface area contributed by atoms with Gasteiger partial charge in [-0.3, -0.25) is 0 Å². The Hall–Kier alpha value is -1.45. The fraction of sp³-hybridized carbons (Fsp3) is 0.333. The average Bonchev–Trinajstić information content (AvgIpc) is 2.62. The molecule has 0 aliphatic heterocycles. The van der Waals surface area contributed by atoms with Crippen molar-refractivity contribution >= 4 is 11.0 Å². The third kappa shape index (κ3) is 2.21. The zero-order chi connectivity index (χ0) is 12.3. The Morgan fingerprint density at radius 1 is 1.12 bits per heavy atom. The van der Waals surface area contributed by atoms with E-state index in [0.717, 1.165) is 6.07 Å². The van der Waals surface area contributed by atoms with Crippen molar-refractivity contribution in [1.29, 1.82) is 0 Å². The van der Waals surface area contributed by atoms with Crippen LogP contribution in [-0.2, 0) is 6.18 Å². The molecule has 0 unspecified atom stereocenters. The monoisotopic (exact) mass is 230 g/mol. The number of hydrogen-bond donors (Lipinski definition) is 0. The Morgan fingerprint density at radius 3 is 2.31 bits per heavy atom.